The highest BCUT2D eigenvalue weighted by atomic mass is 16.5. The number of aryl methyl sites for hydroxylation is 1. The summed E-state index contributed by atoms with van der Waals surface area (Å²) in [5.41, 5.74) is 8.08. The van der Waals surface area contributed by atoms with Gasteiger partial charge in [0.15, 0.2) is 0 Å². The second-order valence-electron chi connectivity index (χ2n) is 6.37. The van der Waals surface area contributed by atoms with E-state index in [-0.39, 0.29) is 36.2 Å². The summed E-state index contributed by atoms with van der Waals surface area (Å²) in [6.07, 6.45) is 1.07. The molecule has 0 aromatic heterocycles. The fourth-order valence-corrected chi connectivity index (χ4v) is 3.24. The van der Waals surface area contributed by atoms with Crippen LogP contribution in [0.25, 0.3) is 0 Å². The van der Waals surface area contributed by atoms with E-state index in [2.05, 4.69) is 0 Å². The average Bonchev–Trinajstić information content (AvgIpc) is 2.95. The third-order valence-corrected chi connectivity index (χ3v) is 4.69. The van der Waals surface area contributed by atoms with Crippen molar-refractivity contribution in [3.8, 4) is 5.75 Å². The van der Waals surface area contributed by atoms with Gasteiger partial charge >= 0.3 is 5.97 Å². The van der Waals surface area contributed by atoms with Gasteiger partial charge in [-0.1, -0.05) is 25.1 Å². The van der Waals surface area contributed by atoms with Gasteiger partial charge in [0.1, 0.15) is 11.3 Å². The van der Waals surface area contributed by atoms with Crippen molar-refractivity contribution in [2.75, 3.05) is 26.0 Å². The molecule has 2 amide bonds. The van der Waals surface area contributed by atoms with E-state index in [9.17, 15) is 14.4 Å². The zero-order chi connectivity index (χ0) is 20.3. The van der Waals surface area contributed by atoms with Crippen molar-refractivity contribution < 1.29 is 23.9 Å². The molecule has 2 N–H and O–H groups in total. The number of hydrogen-bond donors (Lipinski definition) is 1. The maximum Gasteiger partial charge on any atom is 0.343 e. The number of nitrogens with two attached hydrogens (primary N) is 1. The molecule has 0 aliphatic carbocycles. The topological polar surface area (TPSA) is 98.9 Å². The Morgan fingerprint density at radius 1 is 1.07 bits per heavy atom. The minimum Gasteiger partial charge on any atom is -0.492 e. The highest BCUT2D eigenvalue weighted by Crippen LogP contribution is 2.31. The van der Waals surface area contributed by atoms with Crippen LogP contribution in [0.3, 0.4) is 0 Å². The molecule has 0 atom stereocenters. The number of imide groups is 1. The fourth-order valence-electron chi connectivity index (χ4n) is 3.24. The molecule has 0 saturated heterocycles. The van der Waals surface area contributed by atoms with Gasteiger partial charge in [-0.05, 0) is 36.6 Å². The molecular formula is C21H22N2O5. The fraction of sp³-hybridized carbons (Fsp3) is 0.286. The molecule has 0 unspecified atom stereocenters. The number of nitrogen functional groups attached to an aromatic ring is 1. The molecule has 0 fully saturated rings. The van der Waals surface area contributed by atoms with E-state index < -0.39 is 5.97 Å². The van der Waals surface area contributed by atoms with Gasteiger partial charge in [-0.15, -0.1) is 0 Å². The normalized spacial score (nSPS) is 12.9. The van der Waals surface area contributed by atoms with E-state index in [0.717, 1.165) is 5.56 Å². The van der Waals surface area contributed by atoms with Crippen LogP contribution in [0.4, 0.5) is 5.69 Å². The molecule has 2 aromatic carbocycles. The van der Waals surface area contributed by atoms with Gasteiger partial charge in [0.05, 0.1) is 24.8 Å². The first-order chi connectivity index (χ1) is 13.5. The van der Waals surface area contributed by atoms with Crippen molar-refractivity contribution in [1.29, 1.82) is 0 Å². The first-order valence-electron chi connectivity index (χ1n) is 9.07. The quantitative estimate of drug-likeness (QED) is 0.342. The number of fused-ring (bicyclic) bond motifs is 1. The van der Waals surface area contributed by atoms with Crippen molar-refractivity contribution in [1.82, 2.24) is 4.90 Å². The maximum absolute atomic E-state index is 12.4. The van der Waals surface area contributed by atoms with Gasteiger partial charge in [0.2, 0.25) is 0 Å². The summed E-state index contributed by atoms with van der Waals surface area (Å²) in [6, 6.07) is 10.2. The second kappa shape index (κ2) is 8.12. The van der Waals surface area contributed by atoms with Crippen LogP contribution in [0.2, 0.25) is 0 Å². The molecule has 1 heterocycles. The number of methoxy groups -OCH3 is 1. The summed E-state index contributed by atoms with van der Waals surface area (Å²) < 4.78 is 10.7. The van der Waals surface area contributed by atoms with Crippen molar-refractivity contribution >= 4 is 23.5 Å². The van der Waals surface area contributed by atoms with Gasteiger partial charge in [-0.2, -0.15) is 0 Å². The monoisotopic (exact) mass is 382 g/mol. The van der Waals surface area contributed by atoms with Gasteiger partial charge < -0.3 is 15.2 Å². The lowest BCUT2D eigenvalue weighted by Gasteiger charge is -2.17. The molecular weight excluding hydrogens is 360 g/mol. The molecule has 2 aromatic rings. The first kappa shape index (κ1) is 19.4. The molecule has 3 rings (SSSR count). The Kier molecular flexibility index (Phi) is 5.63. The van der Waals surface area contributed by atoms with Crippen molar-refractivity contribution in [3.63, 3.8) is 0 Å². The van der Waals surface area contributed by atoms with E-state index >= 15 is 0 Å². The lowest BCUT2D eigenvalue weighted by molar-refractivity contribution is 0.0596. The first-order valence-corrected chi connectivity index (χ1v) is 9.07. The number of esters is 1. The molecule has 28 heavy (non-hydrogen) atoms. The molecule has 7 heteroatoms. The van der Waals surface area contributed by atoms with Crippen molar-refractivity contribution in [2.24, 2.45) is 0 Å². The average molecular weight is 382 g/mol. The largest absolute Gasteiger partial charge is 0.492 e. The molecule has 1 aliphatic rings. The van der Waals surface area contributed by atoms with Gasteiger partial charge in [0.25, 0.3) is 11.8 Å². The lowest BCUT2D eigenvalue weighted by Crippen LogP contribution is -2.31. The Labute approximate surface area is 163 Å². The minimum atomic E-state index is -0.567. The van der Waals surface area contributed by atoms with Crippen LogP contribution in [-0.4, -0.2) is 42.9 Å². The Balaban J connectivity index is 1.68. The highest BCUT2D eigenvalue weighted by Gasteiger charge is 2.34. The third kappa shape index (κ3) is 3.43. The predicted octanol–water partition coefficient (Wildman–Crippen LogP) is 2.68. The molecule has 7 nitrogen and oxygen atoms in total. The number of amides is 2. The second-order valence-corrected chi connectivity index (χ2v) is 6.37. The summed E-state index contributed by atoms with van der Waals surface area (Å²) in [5.74, 6) is -0.775. The highest BCUT2D eigenvalue weighted by molar-refractivity contribution is 6.21. The molecule has 1 aliphatic heterocycles. The lowest BCUT2D eigenvalue weighted by atomic mass is 10.0. The van der Waals surface area contributed by atoms with Crippen molar-refractivity contribution in [2.45, 2.75) is 19.8 Å². The van der Waals surface area contributed by atoms with Crippen LogP contribution < -0.4 is 10.5 Å². The predicted molar refractivity (Wildman–Crippen MR) is 103 cm³/mol. The Bertz CT molecular complexity index is 903. The van der Waals surface area contributed by atoms with E-state index in [0.29, 0.717) is 29.7 Å². The van der Waals surface area contributed by atoms with Crippen LogP contribution in [0, 0.1) is 0 Å². The zero-order valence-corrected chi connectivity index (χ0v) is 15.9. The van der Waals surface area contributed by atoms with Gasteiger partial charge in [-0.3, -0.25) is 14.5 Å². The summed E-state index contributed by atoms with van der Waals surface area (Å²) in [5, 5.41) is 0. The number of nitrogens with zero attached hydrogens (tertiary/aromatic N) is 1. The van der Waals surface area contributed by atoms with Gasteiger partial charge in [0, 0.05) is 12.2 Å². The van der Waals surface area contributed by atoms with Gasteiger partial charge in [-0.25, -0.2) is 4.79 Å². The Morgan fingerprint density at radius 2 is 1.71 bits per heavy atom. The number of anilines is 1. The minimum absolute atomic E-state index is 0.197. The third-order valence-electron chi connectivity index (χ3n) is 4.69. The van der Waals surface area contributed by atoms with E-state index in [1.54, 1.807) is 36.4 Å². The van der Waals surface area contributed by atoms with Crippen LogP contribution in [0.1, 0.15) is 50.0 Å². The molecule has 0 spiro atoms. The van der Waals surface area contributed by atoms with Crippen LogP contribution >= 0.6 is 0 Å². The number of hydrogen-bond acceptors (Lipinski definition) is 6. The summed E-state index contributed by atoms with van der Waals surface area (Å²) in [6.45, 7) is 2.38. The summed E-state index contributed by atoms with van der Waals surface area (Å²) >= 11 is 0. The van der Waals surface area contributed by atoms with E-state index in [4.69, 9.17) is 15.2 Å². The molecule has 0 radical (unpaired) electrons. The SMILES string of the molecule is CCc1ccc(N)c(C(=O)OC)c1OCCCN1C(=O)c2ccccc2C1=O. The standard InChI is InChI=1S/C21H22N2O5/c1-3-13-9-10-16(22)17(21(26)27-2)18(13)28-12-6-11-23-19(24)14-7-4-5-8-15(14)20(23)25/h4-5,7-10H,3,6,11-12,22H2,1-2H3. The number of rotatable bonds is 7. The summed E-state index contributed by atoms with van der Waals surface area (Å²) in [7, 11) is 1.28. The zero-order valence-electron chi connectivity index (χ0n) is 15.9. The molecule has 0 bridgehead atoms. The Hall–Kier alpha value is -3.35. The summed E-state index contributed by atoms with van der Waals surface area (Å²) in [4.78, 5) is 38.1. The number of carbonyl (C=O) groups excluding carboxylic acids is 3. The maximum atomic E-state index is 12.4. The van der Waals surface area contributed by atoms with Crippen LogP contribution in [-0.2, 0) is 11.2 Å². The van der Waals surface area contributed by atoms with E-state index in [1.807, 2.05) is 6.92 Å². The van der Waals surface area contributed by atoms with Crippen LogP contribution in [0.5, 0.6) is 5.75 Å². The smallest absolute Gasteiger partial charge is 0.343 e. The molecule has 0 saturated carbocycles. The number of ether oxygens (including phenoxy) is 2. The van der Waals surface area contributed by atoms with Crippen molar-refractivity contribution in [3.05, 3.63) is 58.7 Å². The Morgan fingerprint density at radius 3 is 2.29 bits per heavy atom. The molecule has 146 valence electrons. The number of carbonyl (C=O) groups is 3. The van der Waals surface area contributed by atoms with Crippen LogP contribution in [0.15, 0.2) is 36.4 Å². The van der Waals surface area contributed by atoms with E-state index in [1.165, 1.54) is 12.0 Å². The number of benzene rings is 2.